The Hall–Kier alpha value is -3.38. The molecule has 39 heavy (non-hydrogen) atoms. The number of hydrogen-bond acceptors (Lipinski definition) is 6. The molecule has 4 aromatic rings. The summed E-state index contributed by atoms with van der Waals surface area (Å²) in [6, 6.07) is 11.4. The number of halogens is 6. The molecule has 1 aliphatic rings. The van der Waals surface area contributed by atoms with Crippen LogP contribution in [0.1, 0.15) is 17.0 Å². The van der Waals surface area contributed by atoms with Gasteiger partial charge in [0.1, 0.15) is 11.6 Å². The van der Waals surface area contributed by atoms with Crippen molar-refractivity contribution < 1.29 is 26.3 Å². The summed E-state index contributed by atoms with van der Waals surface area (Å²) in [4.78, 5) is 15.6. The number of fused-ring (bicyclic) bond motifs is 1. The van der Waals surface area contributed by atoms with Crippen molar-refractivity contribution in [2.24, 2.45) is 0 Å². The highest BCUT2D eigenvalue weighted by atomic mass is 32.2. The van der Waals surface area contributed by atoms with E-state index in [1.807, 2.05) is 11.8 Å². The molecule has 1 fully saturated rings. The number of alkyl halides is 6. The highest BCUT2D eigenvalue weighted by Gasteiger charge is 2.34. The van der Waals surface area contributed by atoms with Crippen LogP contribution in [0.2, 0.25) is 0 Å². The predicted octanol–water partition coefficient (Wildman–Crippen LogP) is 7.06. The molecule has 0 aliphatic carbocycles. The van der Waals surface area contributed by atoms with Gasteiger partial charge in [-0.15, -0.1) is 0 Å². The molecule has 1 saturated heterocycles. The molecule has 12 heteroatoms. The molecule has 5 nitrogen and oxygen atoms in total. The Morgan fingerprint density at radius 2 is 1.62 bits per heavy atom. The fraction of sp³-hybridized carbons (Fsp3) is 0.296. The van der Waals surface area contributed by atoms with Crippen LogP contribution >= 0.6 is 11.8 Å². The Balaban J connectivity index is 1.53. The van der Waals surface area contributed by atoms with Crippen LogP contribution in [0.5, 0.6) is 0 Å². The molecule has 0 bridgehead atoms. The van der Waals surface area contributed by atoms with Crippen LogP contribution in [0.25, 0.3) is 22.2 Å². The minimum Gasteiger partial charge on any atom is -0.340 e. The van der Waals surface area contributed by atoms with E-state index in [0.717, 1.165) is 42.8 Å². The molecule has 5 rings (SSSR count). The van der Waals surface area contributed by atoms with Crippen LogP contribution in [0, 0.1) is 0 Å². The van der Waals surface area contributed by atoms with E-state index in [1.165, 1.54) is 36.5 Å². The van der Waals surface area contributed by atoms with Gasteiger partial charge < -0.3 is 10.2 Å². The first-order chi connectivity index (χ1) is 18.6. The number of hydrogen-bond donors (Lipinski definition) is 1. The van der Waals surface area contributed by atoms with Crippen molar-refractivity contribution in [2.45, 2.75) is 18.8 Å². The SMILES string of the molecule is FC(F)(F)c1ccc(Nc2nc(CCN3CCSCC3)nc3cc(-c4ncccc4C(F)(F)F)ccc23)cc1. The van der Waals surface area contributed by atoms with Crippen molar-refractivity contribution >= 4 is 34.2 Å². The van der Waals surface area contributed by atoms with Crippen LogP contribution in [-0.2, 0) is 18.8 Å². The number of aromatic nitrogens is 3. The predicted molar refractivity (Wildman–Crippen MR) is 140 cm³/mol. The second kappa shape index (κ2) is 11.0. The first-order valence-electron chi connectivity index (χ1n) is 12.2. The molecule has 1 N–H and O–H groups in total. The molecule has 3 heterocycles. The maximum absolute atomic E-state index is 13.6. The van der Waals surface area contributed by atoms with E-state index in [1.54, 1.807) is 6.07 Å². The van der Waals surface area contributed by atoms with E-state index in [2.05, 4.69) is 25.2 Å². The van der Waals surface area contributed by atoms with Gasteiger partial charge in [0, 0.05) is 60.4 Å². The number of nitrogens with zero attached hydrogens (tertiary/aromatic N) is 4. The summed E-state index contributed by atoms with van der Waals surface area (Å²) in [6.07, 6.45) is -7.24. The van der Waals surface area contributed by atoms with Crippen molar-refractivity contribution in [3.05, 3.63) is 77.7 Å². The molecule has 2 aromatic carbocycles. The first kappa shape index (κ1) is 27.2. The Kier molecular flexibility index (Phi) is 7.68. The highest BCUT2D eigenvalue weighted by Crippen LogP contribution is 2.37. The number of benzene rings is 2. The fourth-order valence-electron chi connectivity index (χ4n) is 4.36. The average Bonchev–Trinajstić information content (AvgIpc) is 2.91. The van der Waals surface area contributed by atoms with Gasteiger partial charge >= 0.3 is 12.4 Å². The Morgan fingerprint density at radius 3 is 2.31 bits per heavy atom. The van der Waals surface area contributed by atoms with Gasteiger partial charge in [-0.3, -0.25) is 4.98 Å². The number of nitrogens with one attached hydrogen (secondary N) is 1. The molecule has 204 valence electrons. The summed E-state index contributed by atoms with van der Waals surface area (Å²) in [6.45, 7) is 2.60. The molecular weight excluding hydrogens is 540 g/mol. The van der Waals surface area contributed by atoms with Crippen LogP contribution in [0.3, 0.4) is 0 Å². The maximum Gasteiger partial charge on any atom is 0.418 e. The molecule has 2 aromatic heterocycles. The van der Waals surface area contributed by atoms with Gasteiger partial charge in [0.15, 0.2) is 0 Å². The molecular formula is C27H23F6N5S. The Labute approximate surface area is 224 Å². The van der Waals surface area contributed by atoms with Crippen LogP contribution < -0.4 is 5.32 Å². The Morgan fingerprint density at radius 1 is 0.872 bits per heavy atom. The zero-order valence-electron chi connectivity index (χ0n) is 20.5. The van der Waals surface area contributed by atoms with E-state index in [0.29, 0.717) is 41.2 Å². The van der Waals surface area contributed by atoms with Gasteiger partial charge in [0.25, 0.3) is 0 Å². The van der Waals surface area contributed by atoms with Gasteiger partial charge in [-0.1, -0.05) is 6.07 Å². The van der Waals surface area contributed by atoms with Crippen molar-refractivity contribution in [3.63, 3.8) is 0 Å². The number of rotatable bonds is 6. The first-order valence-corrected chi connectivity index (χ1v) is 13.3. The lowest BCUT2D eigenvalue weighted by atomic mass is 10.0. The third kappa shape index (κ3) is 6.44. The summed E-state index contributed by atoms with van der Waals surface area (Å²) in [5, 5.41) is 3.58. The zero-order chi connectivity index (χ0) is 27.6. The van der Waals surface area contributed by atoms with Gasteiger partial charge in [0.05, 0.1) is 22.3 Å². The van der Waals surface area contributed by atoms with Crippen molar-refractivity contribution in [2.75, 3.05) is 36.5 Å². The molecule has 1 aliphatic heterocycles. The molecule has 0 atom stereocenters. The fourth-order valence-corrected chi connectivity index (χ4v) is 5.34. The lowest BCUT2D eigenvalue weighted by molar-refractivity contribution is -0.138. The lowest BCUT2D eigenvalue weighted by Crippen LogP contribution is -2.34. The Bertz CT molecular complexity index is 1450. The van der Waals surface area contributed by atoms with Gasteiger partial charge in [-0.2, -0.15) is 38.1 Å². The van der Waals surface area contributed by atoms with Crippen LogP contribution in [-0.4, -0.2) is 51.0 Å². The minimum absolute atomic E-state index is 0.213. The topological polar surface area (TPSA) is 53.9 Å². The van der Waals surface area contributed by atoms with Crippen molar-refractivity contribution in [3.8, 4) is 11.3 Å². The summed E-state index contributed by atoms with van der Waals surface area (Å²) >= 11 is 1.89. The number of thioether (sulfide) groups is 1. The van der Waals surface area contributed by atoms with Gasteiger partial charge in [0.2, 0.25) is 0 Å². The number of anilines is 2. The third-order valence-corrected chi connectivity index (χ3v) is 7.30. The van der Waals surface area contributed by atoms with E-state index >= 15 is 0 Å². The third-order valence-electron chi connectivity index (χ3n) is 6.36. The molecule has 0 amide bonds. The summed E-state index contributed by atoms with van der Waals surface area (Å²) in [5.41, 5.74) is -0.815. The summed E-state index contributed by atoms with van der Waals surface area (Å²) in [7, 11) is 0. The quantitative estimate of drug-likeness (QED) is 0.254. The van der Waals surface area contributed by atoms with E-state index in [9.17, 15) is 26.3 Å². The molecule has 0 saturated carbocycles. The monoisotopic (exact) mass is 563 g/mol. The van der Waals surface area contributed by atoms with Gasteiger partial charge in [-0.25, -0.2) is 9.97 Å². The van der Waals surface area contributed by atoms with Crippen molar-refractivity contribution in [1.82, 2.24) is 19.9 Å². The molecule has 0 radical (unpaired) electrons. The number of pyridine rings is 1. The molecule has 0 unspecified atom stereocenters. The standard InChI is InChI=1S/C27H23F6N5S/c28-26(29,30)18-4-6-19(7-5-18)35-25-20-8-3-17(24-21(27(31,32)33)2-1-10-34-24)16-22(20)36-23(37-25)9-11-38-12-14-39-15-13-38/h1-8,10,16H,9,11-15H2,(H,35,36,37). The highest BCUT2D eigenvalue weighted by molar-refractivity contribution is 7.99. The van der Waals surface area contributed by atoms with Crippen LogP contribution in [0.15, 0.2) is 60.8 Å². The maximum atomic E-state index is 13.6. The summed E-state index contributed by atoms with van der Waals surface area (Å²) < 4.78 is 79.9. The van der Waals surface area contributed by atoms with E-state index in [4.69, 9.17) is 0 Å². The van der Waals surface area contributed by atoms with Crippen LogP contribution in [0.4, 0.5) is 37.8 Å². The van der Waals surface area contributed by atoms with E-state index < -0.39 is 23.5 Å². The average molecular weight is 564 g/mol. The van der Waals surface area contributed by atoms with Crippen molar-refractivity contribution in [1.29, 1.82) is 0 Å². The van der Waals surface area contributed by atoms with E-state index in [-0.39, 0.29) is 11.3 Å². The molecule has 0 spiro atoms. The second-order valence-electron chi connectivity index (χ2n) is 9.02. The zero-order valence-corrected chi connectivity index (χ0v) is 21.3. The normalized spacial score (nSPS) is 15.0. The largest absolute Gasteiger partial charge is 0.418 e. The lowest BCUT2D eigenvalue weighted by Gasteiger charge is -2.25. The second-order valence-corrected chi connectivity index (χ2v) is 10.2. The smallest absolute Gasteiger partial charge is 0.340 e. The van der Waals surface area contributed by atoms with Gasteiger partial charge in [-0.05, 0) is 48.5 Å². The minimum atomic E-state index is -4.59. The summed E-state index contributed by atoms with van der Waals surface area (Å²) in [5.74, 6) is 2.90.